The lowest BCUT2D eigenvalue weighted by Gasteiger charge is -2.08. The SMILES string of the molecule is O=P(O)(O)OC[C]1CCCC1. The molecular formula is C6H12O4P. The van der Waals surface area contributed by atoms with Crippen molar-refractivity contribution in [3.63, 3.8) is 0 Å². The Bertz CT molecular complexity index is 158. The quantitative estimate of drug-likeness (QED) is 0.639. The van der Waals surface area contributed by atoms with Crippen molar-refractivity contribution in [1.29, 1.82) is 0 Å². The van der Waals surface area contributed by atoms with Crippen LogP contribution in [0.4, 0.5) is 0 Å². The van der Waals surface area contributed by atoms with Gasteiger partial charge in [-0.1, -0.05) is 12.8 Å². The Morgan fingerprint density at radius 2 is 1.91 bits per heavy atom. The van der Waals surface area contributed by atoms with E-state index in [0.29, 0.717) is 0 Å². The molecule has 1 fully saturated rings. The van der Waals surface area contributed by atoms with Crippen LogP contribution in [-0.4, -0.2) is 16.4 Å². The Balaban J connectivity index is 2.16. The Hall–Kier alpha value is 0.110. The highest BCUT2D eigenvalue weighted by Crippen LogP contribution is 2.38. The van der Waals surface area contributed by atoms with Crippen LogP contribution in [0.1, 0.15) is 25.7 Å². The summed E-state index contributed by atoms with van der Waals surface area (Å²) in [5.41, 5.74) is 0. The zero-order valence-electron chi connectivity index (χ0n) is 6.19. The van der Waals surface area contributed by atoms with E-state index in [2.05, 4.69) is 4.52 Å². The van der Waals surface area contributed by atoms with Crippen LogP contribution >= 0.6 is 7.82 Å². The van der Waals surface area contributed by atoms with Gasteiger partial charge in [0.1, 0.15) is 0 Å². The van der Waals surface area contributed by atoms with Crippen LogP contribution in [0.25, 0.3) is 0 Å². The molecule has 0 heterocycles. The molecule has 1 saturated carbocycles. The minimum Gasteiger partial charge on any atom is -0.303 e. The van der Waals surface area contributed by atoms with Gasteiger partial charge in [-0.05, 0) is 12.8 Å². The Morgan fingerprint density at radius 3 is 2.36 bits per heavy atom. The van der Waals surface area contributed by atoms with E-state index in [-0.39, 0.29) is 6.61 Å². The summed E-state index contributed by atoms with van der Waals surface area (Å²) in [5.74, 6) is 1.12. The first kappa shape index (κ1) is 9.20. The molecule has 0 aliphatic heterocycles. The van der Waals surface area contributed by atoms with Gasteiger partial charge in [-0.25, -0.2) is 4.57 Å². The molecule has 1 radical (unpaired) electrons. The first-order valence-corrected chi connectivity index (χ1v) is 5.14. The molecule has 65 valence electrons. The van der Waals surface area contributed by atoms with E-state index < -0.39 is 7.82 Å². The first-order valence-electron chi connectivity index (χ1n) is 3.61. The van der Waals surface area contributed by atoms with Crippen molar-refractivity contribution < 1.29 is 18.9 Å². The third-order valence-electron chi connectivity index (χ3n) is 1.75. The molecular weight excluding hydrogens is 167 g/mol. The lowest BCUT2D eigenvalue weighted by atomic mass is 10.1. The van der Waals surface area contributed by atoms with E-state index in [9.17, 15) is 4.57 Å². The van der Waals surface area contributed by atoms with E-state index in [4.69, 9.17) is 9.79 Å². The molecule has 2 N–H and O–H groups in total. The van der Waals surface area contributed by atoms with Crippen LogP contribution in [0.15, 0.2) is 0 Å². The van der Waals surface area contributed by atoms with Gasteiger partial charge < -0.3 is 9.79 Å². The smallest absolute Gasteiger partial charge is 0.303 e. The van der Waals surface area contributed by atoms with E-state index in [1.165, 1.54) is 0 Å². The van der Waals surface area contributed by atoms with Crippen molar-refractivity contribution in [3.8, 4) is 0 Å². The third kappa shape index (κ3) is 3.87. The summed E-state index contributed by atoms with van der Waals surface area (Å²) in [4.78, 5) is 16.7. The van der Waals surface area contributed by atoms with Gasteiger partial charge in [0.05, 0.1) is 6.61 Å². The van der Waals surface area contributed by atoms with E-state index in [1.54, 1.807) is 0 Å². The van der Waals surface area contributed by atoms with Gasteiger partial charge in [0, 0.05) is 5.92 Å². The molecule has 0 aromatic heterocycles. The molecule has 1 aliphatic rings. The van der Waals surface area contributed by atoms with Crippen molar-refractivity contribution >= 4 is 7.82 Å². The maximum absolute atomic E-state index is 10.2. The number of phosphoric acid groups is 1. The predicted molar refractivity (Wildman–Crippen MR) is 39.7 cm³/mol. The van der Waals surface area contributed by atoms with Crippen molar-refractivity contribution in [2.24, 2.45) is 0 Å². The fourth-order valence-electron chi connectivity index (χ4n) is 1.19. The standard InChI is InChI=1S/C6H12O4P/c7-11(8,9)10-5-6-3-1-2-4-6/h1-5H2,(H2,7,8,9). The molecule has 0 amide bonds. The highest BCUT2D eigenvalue weighted by atomic mass is 31.2. The predicted octanol–water partition coefficient (Wildman–Crippen LogP) is 1.24. The molecule has 0 bridgehead atoms. The highest BCUT2D eigenvalue weighted by molar-refractivity contribution is 7.46. The Morgan fingerprint density at radius 1 is 1.36 bits per heavy atom. The zero-order chi connectivity index (χ0) is 8.32. The topological polar surface area (TPSA) is 66.8 Å². The van der Waals surface area contributed by atoms with Crippen LogP contribution in [0.5, 0.6) is 0 Å². The van der Waals surface area contributed by atoms with Gasteiger partial charge >= 0.3 is 7.82 Å². The first-order chi connectivity index (χ1) is 5.08. The highest BCUT2D eigenvalue weighted by Gasteiger charge is 2.21. The van der Waals surface area contributed by atoms with Crippen molar-refractivity contribution in [1.82, 2.24) is 0 Å². The maximum Gasteiger partial charge on any atom is 0.469 e. The second-order valence-corrected chi connectivity index (χ2v) is 3.96. The van der Waals surface area contributed by atoms with E-state index in [1.807, 2.05) is 0 Å². The Kier molecular flexibility index (Phi) is 3.07. The average molecular weight is 179 g/mol. The number of hydrogen-bond donors (Lipinski definition) is 2. The van der Waals surface area contributed by atoms with Gasteiger partial charge in [0.25, 0.3) is 0 Å². The second-order valence-electron chi connectivity index (χ2n) is 2.72. The Labute approximate surface area is 65.8 Å². The number of hydrogen-bond acceptors (Lipinski definition) is 2. The molecule has 0 aromatic carbocycles. The minimum atomic E-state index is -4.24. The average Bonchev–Trinajstić information content (AvgIpc) is 2.32. The van der Waals surface area contributed by atoms with Crippen LogP contribution in [0.2, 0.25) is 0 Å². The van der Waals surface area contributed by atoms with E-state index in [0.717, 1.165) is 31.6 Å². The fourth-order valence-corrected chi connectivity index (χ4v) is 1.55. The van der Waals surface area contributed by atoms with Gasteiger partial charge in [0.15, 0.2) is 0 Å². The lowest BCUT2D eigenvalue weighted by molar-refractivity contribution is 0.201. The van der Waals surface area contributed by atoms with Gasteiger partial charge in [-0.3, -0.25) is 4.52 Å². The molecule has 0 aromatic rings. The van der Waals surface area contributed by atoms with Crippen molar-refractivity contribution in [2.45, 2.75) is 25.7 Å². The molecule has 0 atom stereocenters. The van der Waals surface area contributed by atoms with Gasteiger partial charge in [0.2, 0.25) is 0 Å². The van der Waals surface area contributed by atoms with Gasteiger partial charge in [-0.2, -0.15) is 0 Å². The summed E-state index contributed by atoms with van der Waals surface area (Å²) < 4.78 is 14.6. The molecule has 11 heavy (non-hydrogen) atoms. The van der Waals surface area contributed by atoms with Gasteiger partial charge in [-0.15, -0.1) is 0 Å². The molecule has 0 saturated heterocycles. The van der Waals surface area contributed by atoms with Crippen molar-refractivity contribution in [3.05, 3.63) is 5.92 Å². The molecule has 1 rings (SSSR count). The molecule has 4 nitrogen and oxygen atoms in total. The molecule has 1 aliphatic carbocycles. The normalized spacial score (nSPS) is 20.9. The van der Waals surface area contributed by atoms with Crippen LogP contribution in [0, 0.1) is 5.92 Å². The second kappa shape index (κ2) is 3.68. The summed E-state index contributed by atoms with van der Waals surface area (Å²) in [5, 5.41) is 0. The largest absolute Gasteiger partial charge is 0.469 e. The van der Waals surface area contributed by atoms with Crippen LogP contribution in [0.3, 0.4) is 0 Å². The maximum atomic E-state index is 10.2. The number of phosphoric ester groups is 1. The molecule has 0 unspecified atom stereocenters. The minimum absolute atomic E-state index is 0.129. The summed E-state index contributed by atoms with van der Waals surface area (Å²) in [6, 6.07) is 0. The zero-order valence-corrected chi connectivity index (χ0v) is 7.09. The lowest BCUT2D eigenvalue weighted by Crippen LogP contribution is -2.01. The number of rotatable bonds is 3. The third-order valence-corrected chi connectivity index (χ3v) is 2.21. The van der Waals surface area contributed by atoms with Crippen LogP contribution < -0.4 is 0 Å². The summed E-state index contributed by atoms with van der Waals surface area (Å²) in [6.45, 7) is 0.129. The summed E-state index contributed by atoms with van der Waals surface area (Å²) in [7, 11) is -4.24. The fraction of sp³-hybridized carbons (Fsp3) is 0.833. The summed E-state index contributed by atoms with van der Waals surface area (Å²) in [6.07, 6.45) is 4.17. The van der Waals surface area contributed by atoms with Crippen LogP contribution in [-0.2, 0) is 9.09 Å². The monoisotopic (exact) mass is 179 g/mol. The summed E-state index contributed by atoms with van der Waals surface area (Å²) >= 11 is 0. The van der Waals surface area contributed by atoms with E-state index >= 15 is 0 Å². The van der Waals surface area contributed by atoms with Crippen molar-refractivity contribution in [2.75, 3.05) is 6.61 Å². The molecule has 5 heteroatoms. The molecule has 0 spiro atoms.